The molecule has 1 unspecified atom stereocenters. The topological polar surface area (TPSA) is 69.1 Å². The first-order chi connectivity index (χ1) is 7.77. The van der Waals surface area contributed by atoms with E-state index in [1.54, 1.807) is 12.4 Å². The third-order valence-corrected chi connectivity index (χ3v) is 3.25. The lowest BCUT2D eigenvalue weighted by Crippen LogP contribution is -1.96. The second kappa shape index (κ2) is 3.27. The summed E-state index contributed by atoms with van der Waals surface area (Å²) in [5.41, 5.74) is 3.00. The number of imidazole rings is 1. The molecule has 1 heterocycles. The van der Waals surface area contributed by atoms with E-state index >= 15 is 0 Å². The minimum atomic E-state index is -0.0380. The highest BCUT2D eigenvalue weighted by atomic mass is 16.3. The molecule has 0 saturated carbocycles. The summed E-state index contributed by atoms with van der Waals surface area (Å²) >= 11 is 0. The van der Waals surface area contributed by atoms with Crippen LogP contribution in [0.15, 0.2) is 24.7 Å². The van der Waals surface area contributed by atoms with Crippen molar-refractivity contribution in [2.24, 2.45) is 0 Å². The second-order valence-corrected chi connectivity index (χ2v) is 4.10. The predicted molar refractivity (Wildman–Crippen MR) is 58.5 cm³/mol. The Balaban J connectivity index is 2.10. The van der Waals surface area contributed by atoms with E-state index in [1.807, 2.05) is 12.3 Å². The van der Waals surface area contributed by atoms with Gasteiger partial charge in [-0.15, -0.1) is 0 Å². The lowest BCUT2D eigenvalue weighted by Gasteiger charge is -2.10. The van der Waals surface area contributed by atoms with Gasteiger partial charge in [-0.25, -0.2) is 4.98 Å². The Morgan fingerprint density at radius 3 is 2.94 bits per heavy atom. The number of fused-ring (bicyclic) bond motifs is 1. The quantitative estimate of drug-likeness (QED) is 0.638. The number of nitrogens with zero attached hydrogens (tertiary/aromatic N) is 1. The van der Waals surface area contributed by atoms with Gasteiger partial charge < -0.3 is 15.2 Å². The molecule has 1 aliphatic rings. The number of H-pyrrole nitrogens is 1. The van der Waals surface area contributed by atoms with Gasteiger partial charge in [0.05, 0.1) is 6.33 Å². The van der Waals surface area contributed by atoms with Crippen molar-refractivity contribution in [2.45, 2.75) is 18.8 Å². The number of hydrogen-bond acceptors (Lipinski definition) is 3. The SMILES string of the molecule is Oc1ccc2c(c1O)CCC2c1cnc[nH]1. The van der Waals surface area contributed by atoms with Crippen LogP contribution >= 0.6 is 0 Å². The molecular weight excluding hydrogens is 204 g/mol. The molecule has 2 aromatic rings. The molecule has 1 atom stereocenters. The number of aromatic hydroxyl groups is 2. The summed E-state index contributed by atoms with van der Waals surface area (Å²) in [6, 6.07) is 3.42. The third kappa shape index (κ3) is 1.19. The minimum absolute atomic E-state index is 0.0273. The molecule has 1 aliphatic carbocycles. The molecule has 4 heteroatoms. The monoisotopic (exact) mass is 216 g/mol. The van der Waals surface area contributed by atoms with Gasteiger partial charge in [0.1, 0.15) is 0 Å². The highest BCUT2D eigenvalue weighted by Crippen LogP contribution is 2.44. The van der Waals surface area contributed by atoms with Gasteiger partial charge in [-0.2, -0.15) is 0 Å². The third-order valence-electron chi connectivity index (χ3n) is 3.25. The van der Waals surface area contributed by atoms with Crippen LogP contribution in [0.4, 0.5) is 0 Å². The first kappa shape index (κ1) is 9.27. The summed E-state index contributed by atoms with van der Waals surface area (Å²) in [7, 11) is 0. The van der Waals surface area contributed by atoms with Gasteiger partial charge in [-0.05, 0) is 24.5 Å². The number of phenolic OH excluding ortho intramolecular Hbond substituents is 2. The lowest BCUT2D eigenvalue weighted by atomic mass is 9.98. The van der Waals surface area contributed by atoms with Crippen molar-refractivity contribution >= 4 is 0 Å². The highest BCUT2D eigenvalue weighted by Gasteiger charge is 2.28. The molecule has 3 N–H and O–H groups in total. The van der Waals surface area contributed by atoms with Crippen LogP contribution in [0.5, 0.6) is 11.5 Å². The Morgan fingerprint density at radius 2 is 2.19 bits per heavy atom. The summed E-state index contributed by atoms with van der Waals surface area (Å²) in [6.45, 7) is 0. The number of aromatic nitrogens is 2. The summed E-state index contributed by atoms with van der Waals surface area (Å²) in [5, 5.41) is 19.2. The molecule has 4 nitrogen and oxygen atoms in total. The molecule has 0 saturated heterocycles. The molecule has 0 spiro atoms. The van der Waals surface area contributed by atoms with Gasteiger partial charge in [-0.3, -0.25) is 0 Å². The second-order valence-electron chi connectivity index (χ2n) is 4.10. The normalized spacial score (nSPS) is 18.6. The first-order valence-electron chi connectivity index (χ1n) is 5.29. The van der Waals surface area contributed by atoms with Crippen LogP contribution in [0.3, 0.4) is 0 Å². The molecule has 1 aromatic heterocycles. The largest absolute Gasteiger partial charge is 0.504 e. The lowest BCUT2D eigenvalue weighted by molar-refractivity contribution is 0.400. The van der Waals surface area contributed by atoms with Crippen LogP contribution in [0, 0.1) is 0 Å². The van der Waals surface area contributed by atoms with Crippen molar-refractivity contribution in [3.8, 4) is 11.5 Å². The number of benzene rings is 1. The van der Waals surface area contributed by atoms with E-state index < -0.39 is 0 Å². The molecule has 1 aromatic carbocycles. The van der Waals surface area contributed by atoms with E-state index in [2.05, 4.69) is 9.97 Å². The highest BCUT2D eigenvalue weighted by molar-refractivity contribution is 5.53. The van der Waals surface area contributed by atoms with Crippen LogP contribution < -0.4 is 0 Å². The Kier molecular flexibility index (Phi) is 1.89. The van der Waals surface area contributed by atoms with Gasteiger partial charge in [0.25, 0.3) is 0 Å². The average molecular weight is 216 g/mol. The molecule has 0 bridgehead atoms. The van der Waals surface area contributed by atoms with E-state index in [-0.39, 0.29) is 17.4 Å². The Bertz CT molecular complexity index is 520. The fraction of sp³-hybridized carbons (Fsp3) is 0.250. The fourth-order valence-corrected chi connectivity index (χ4v) is 2.45. The van der Waals surface area contributed by atoms with Crippen LogP contribution in [-0.4, -0.2) is 20.2 Å². The molecule has 82 valence electrons. The van der Waals surface area contributed by atoms with Gasteiger partial charge in [-0.1, -0.05) is 6.07 Å². The number of phenols is 2. The number of rotatable bonds is 1. The van der Waals surface area contributed by atoms with E-state index in [1.165, 1.54) is 0 Å². The van der Waals surface area contributed by atoms with Crippen LogP contribution in [0.1, 0.15) is 29.2 Å². The zero-order valence-corrected chi connectivity index (χ0v) is 8.64. The van der Waals surface area contributed by atoms with Crippen molar-refractivity contribution in [3.63, 3.8) is 0 Å². The summed E-state index contributed by atoms with van der Waals surface area (Å²) in [4.78, 5) is 7.11. The van der Waals surface area contributed by atoms with E-state index in [0.29, 0.717) is 0 Å². The summed E-state index contributed by atoms with van der Waals surface area (Å²) in [5.74, 6) is 0.243. The number of hydrogen-bond donors (Lipinski definition) is 3. The Morgan fingerprint density at radius 1 is 1.31 bits per heavy atom. The maximum Gasteiger partial charge on any atom is 0.160 e. The van der Waals surface area contributed by atoms with E-state index in [9.17, 15) is 10.2 Å². The zero-order chi connectivity index (χ0) is 11.1. The van der Waals surface area contributed by atoms with Crippen molar-refractivity contribution in [1.82, 2.24) is 9.97 Å². The van der Waals surface area contributed by atoms with Crippen LogP contribution in [-0.2, 0) is 6.42 Å². The molecule has 0 amide bonds. The number of aromatic amines is 1. The molecule has 0 aliphatic heterocycles. The molecule has 0 fully saturated rings. The van der Waals surface area contributed by atoms with Crippen molar-refractivity contribution in [2.75, 3.05) is 0 Å². The molecule has 3 rings (SSSR count). The Labute approximate surface area is 92.6 Å². The standard InChI is InChI=1S/C12H12N2O2/c15-11-4-3-7-8(10-5-13-6-14-10)1-2-9(7)12(11)16/h3-6,8,15-16H,1-2H2,(H,13,14). The van der Waals surface area contributed by atoms with Gasteiger partial charge in [0, 0.05) is 23.4 Å². The predicted octanol–water partition coefficient (Wildman–Crippen LogP) is 1.90. The summed E-state index contributed by atoms with van der Waals surface area (Å²) < 4.78 is 0. The average Bonchev–Trinajstić information content (AvgIpc) is 2.91. The maximum absolute atomic E-state index is 9.76. The fourth-order valence-electron chi connectivity index (χ4n) is 2.45. The van der Waals surface area contributed by atoms with Crippen molar-refractivity contribution < 1.29 is 10.2 Å². The number of nitrogens with one attached hydrogen (secondary N) is 1. The zero-order valence-electron chi connectivity index (χ0n) is 8.64. The first-order valence-corrected chi connectivity index (χ1v) is 5.29. The molecule has 16 heavy (non-hydrogen) atoms. The smallest absolute Gasteiger partial charge is 0.160 e. The maximum atomic E-state index is 9.76. The van der Waals surface area contributed by atoms with Gasteiger partial charge >= 0.3 is 0 Å². The van der Waals surface area contributed by atoms with E-state index in [4.69, 9.17) is 0 Å². The molecule has 0 radical (unpaired) electrons. The van der Waals surface area contributed by atoms with Crippen molar-refractivity contribution in [1.29, 1.82) is 0 Å². The van der Waals surface area contributed by atoms with Gasteiger partial charge in [0.2, 0.25) is 0 Å². The minimum Gasteiger partial charge on any atom is -0.504 e. The van der Waals surface area contributed by atoms with Crippen molar-refractivity contribution in [3.05, 3.63) is 41.5 Å². The van der Waals surface area contributed by atoms with Crippen LogP contribution in [0.2, 0.25) is 0 Å². The van der Waals surface area contributed by atoms with Gasteiger partial charge in [0.15, 0.2) is 11.5 Å². The summed E-state index contributed by atoms with van der Waals surface area (Å²) in [6.07, 6.45) is 5.20. The van der Waals surface area contributed by atoms with E-state index in [0.717, 1.165) is 29.7 Å². The van der Waals surface area contributed by atoms with Crippen LogP contribution in [0.25, 0.3) is 0 Å². The Hall–Kier alpha value is -1.97. The molecular formula is C12H12N2O2.